The van der Waals surface area contributed by atoms with Crippen molar-refractivity contribution in [2.45, 2.75) is 39.2 Å². The number of carbonyl (C=O) groups is 1. The summed E-state index contributed by atoms with van der Waals surface area (Å²) in [7, 11) is 0. The summed E-state index contributed by atoms with van der Waals surface area (Å²) in [6.07, 6.45) is 2.54. The molecule has 0 heterocycles. The quantitative estimate of drug-likeness (QED) is 0.683. The van der Waals surface area contributed by atoms with Crippen LogP contribution in [-0.2, 0) is 9.53 Å². The summed E-state index contributed by atoms with van der Waals surface area (Å²) in [6, 6.07) is 0. The van der Waals surface area contributed by atoms with E-state index in [0.717, 1.165) is 19.3 Å². The third-order valence-electron chi connectivity index (χ3n) is 2.75. The lowest BCUT2D eigenvalue weighted by atomic mass is 9.85. The molecule has 1 aliphatic rings. The minimum absolute atomic E-state index is 0.0779. The van der Waals surface area contributed by atoms with E-state index >= 15 is 0 Å². The molecule has 0 radical (unpaired) electrons. The van der Waals surface area contributed by atoms with Crippen LogP contribution in [0.3, 0.4) is 0 Å². The van der Waals surface area contributed by atoms with Crippen LogP contribution in [0.25, 0.3) is 0 Å². The van der Waals surface area contributed by atoms with E-state index in [1.807, 2.05) is 0 Å². The number of hydrogen-bond acceptors (Lipinski definition) is 3. The second kappa shape index (κ2) is 6.86. The van der Waals surface area contributed by atoms with Crippen LogP contribution in [0.5, 0.6) is 0 Å². The second-order valence-corrected chi connectivity index (χ2v) is 4.96. The van der Waals surface area contributed by atoms with Crippen molar-refractivity contribution in [3.63, 3.8) is 0 Å². The minimum Gasteiger partial charge on any atom is -0.389 e. The topological polar surface area (TPSA) is 58.6 Å². The molecule has 0 aromatic carbocycles. The van der Waals surface area contributed by atoms with Crippen LogP contribution in [0.2, 0.25) is 0 Å². The molecule has 0 aromatic heterocycles. The molecule has 2 N–H and O–H groups in total. The van der Waals surface area contributed by atoms with Gasteiger partial charge in [0.1, 0.15) is 0 Å². The fourth-order valence-corrected chi connectivity index (χ4v) is 1.53. The number of amides is 1. The molecule has 0 bridgehead atoms. The molecule has 1 amide bonds. The number of aliphatic hydroxyl groups is 1. The van der Waals surface area contributed by atoms with E-state index in [0.29, 0.717) is 25.7 Å². The zero-order chi connectivity index (χ0) is 12.0. The number of rotatable bonds is 7. The van der Waals surface area contributed by atoms with Crippen molar-refractivity contribution in [2.75, 3.05) is 19.8 Å². The number of aliphatic hydroxyl groups excluding tert-OH is 1. The Morgan fingerprint density at radius 2 is 2.12 bits per heavy atom. The van der Waals surface area contributed by atoms with Gasteiger partial charge in [-0.2, -0.15) is 0 Å². The highest BCUT2D eigenvalue weighted by Crippen LogP contribution is 2.25. The standard InChI is InChI=1S/C12H23NO3/c1-9(2)7-16-8-11(14)6-13-12(15)10-4-3-5-10/h9-11,14H,3-8H2,1-2H3,(H,13,15). The average Bonchev–Trinajstić information content (AvgIpc) is 2.11. The number of hydrogen-bond donors (Lipinski definition) is 2. The lowest BCUT2D eigenvalue weighted by Crippen LogP contribution is -2.40. The van der Waals surface area contributed by atoms with Crippen molar-refractivity contribution >= 4 is 5.91 Å². The largest absolute Gasteiger partial charge is 0.389 e. The SMILES string of the molecule is CC(C)COCC(O)CNC(=O)C1CCC1. The van der Waals surface area contributed by atoms with Crippen molar-refractivity contribution in [3.05, 3.63) is 0 Å². The van der Waals surface area contributed by atoms with Crippen molar-refractivity contribution in [3.8, 4) is 0 Å². The van der Waals surface area contributed by atoms with Crippen LogP contribution in [0.1, 0.15) is 33.1 Å². The van der Waals surface area contributed by atoms with Crippen molar-refractivity contribution < 1.29 is 14.6 Å². The third kappa shape index (κ3) is 4.94. The van der Waals surface area contributed by atoms with Crippen molar-refractivity contribution in [1.29, 1.82) is 0 Å². The van der Waals surface area contributed by atoms with Crippen LogP contribution in [0, 0.1) is 11.8 Å². The van der Waals surface area contributed by atoms with Crippen LogP contribution in [0.4, 0.5) is 0 Å². The number of carbonyl (C=O) groups excluding carboxylic acids is 1. The Morgan fingerprint density at radius 1 is 1.44 bits per heavy atom. The Morgan fingerprint density at radius 3 is 2.62 bits per heavy atom. The summed E-state index contributed by atoms with van der Waals surface area (Å²) >= 11 is 0. The maximum Gasteiger partial charge on any atom is 0.223 e. The first kappa shape index (κ1) is 13.5. The van der Waals surface area contributed by atoms with Gasteiger partial charge >= 0.3 is 0 Å². The first-order chi connectivity index (χ1) is 7.59. The normalized spacial score (nSPS) is 18.2. The molecule has 0 saturated heterocycles. The van der Waals surface area contributed by atoms with E-state index in [1.165, 1.54) is 0 Å². The molecule has 0 spiro atoms. The van der Waals surface area contributed by atoms with Crippen LogP contribution in [-0.4, -0.2) is 36.9 Å². The molecule has 94 valence electrons. The molecule has 0 aliphatic heterocycles. The molecule has 1 atom stereocenters. The molecule has 0 aromatic rings. The van der Waals surface area contributed by atoms with Gasteiger partial charge in [-0.3, -0.25) is 4.79 Å². The number of ether oxygens (including phenoxy) is 1. The predicted molar refractivity (Wildman–Crippen MR) is 62.0 cm³/mol. The lowest BCUT2D eigenvalue weighted by molar-refractivity contribution is -0.128. The van der Waals surface area contributed by atoms with Crippen LogP contribution >= 0.6 is 0 Å². The molecule has 1 unspecified atom stereocenters. The van der Waals surface area contributed by atoms with Crippen LogP contribution in [0.15, 0.2) is 0 Å². The molecule has 1 saturated carbocycles. The van der Waals surface area contributed by atoms with Gasteiger partial charge in [-0.1, -0.05) is 20.3 Å². The van der Waals surface area contributed by atoms with E-state index in [1.54, 1.807) is 0 Å². The Hall–Kier alpha value is -0.610. The van der Waals surface area contributed by atoms with Gasteiger partial charge in [0, 0.05) is 19.1 Å². The highest BCUT2D eigenvalue weighted by atomic mass is 16.5. The molecular formula is C12H23NO3. The van der Waals surface area contributed by atoms with E-state index in [9.17, 15) is 9.90 Å². The van der Waals surface area contributed by atoms with E-state index in [4.69, 9.17) is 4.74 Å². The van der Waals surface area contributed by atoms with Gasteiger partial charge in [0.25, 0.3) is 0 Å². The molecule has 1 fully saturated rings. The first-order valence-corrected chi connectivity index (χ1v) is 6.13. The monoisotopic (exact) mass is 229 g/mol. The number of nitrogens with one attached hydrogen (secondary N) is 1. The molecule has 4 nitrogen and oxygen atoms in total. The Kier molecular flexibility index (Phi) is 5.77. The fourth-order valence-electron chi connectivity index (χ4n) is 1.53. The van der Waals surface area contributed by atoms with Gasteiger partial charge in [0.15, 0.2) is 0 Å². The van der Waals surface area contributed by atoms with Gasteiger partial charge in [-0.05, 0) is 18.8 Å². The van der Waals surface area contributed by atoms with E-state index < -0.39 is 6.10 Å². The predicted octanol–water partition coefficient (Wildman–Crippen LogP) is 0.936. The van der Waals surface area contributed by atoms with Gasteiger partial charge in [0.2, 0.25) is 5.91 Å². The van der Waals surface area contributed by atoms with E-state index in [-0.39, 0.29) is 11.8 Å². The molecule has 1 aliphatic carbocycles. The van der Waals surface area contributed by atoms with E-state index in [2.05, 4.69) is 19.2 Å². The molecule has 4 heteroatoms. The maximum absolute atomic E-state index is 11.4. The minimum atomic E-state index is -0.595. The summed E-state index contributed by atoms with van der Waals surface area (Å²) in [6.45, 7) is 5.36. The molecule has 1 rings (SSSR count). The zero-order valence-corrected chi connectivity index (χ0v) is 10.2. The summed E-state index contributed by atoms with van der Waals surface area (Å²) in [5.41, 5.74) is 0. The van der Waals surface area contributed by atoms with Gasteiger partial charge in [-0.15, -0.1) is 0 Å². The summed E-state index contributed by atoms with van der Waals surface area (Å²) in [4.78, 5) is 11.4. The molecule has 16 heavy (non-hydrogen) atoms. The smallest absolute Gasteiger partial charge is 0.223 e. The Balaban J connectivity index is 2.00. The Bertz CT molecular complexity index is 214. The highest BCUT2D eigenvalue weighted by Gasteiger charge is 2.25. The lowest BCUT2D eigenvalue weighted by Gasteiger charge is -2.24. The van der Waals surface area contributed by atoms with Crippen molar-refractivity contribution in [2.24, 2.45) is 11.8 Å². The van der Waals surface area contributed by atoms with Crippen molar-refractivity contribution in [1.82, 2.24) is 5.32 Å². The molecular weight excluding hydrogens is 206 g/mol. The average molecular weight is 229 g/mol. The highest BCUT2D eigenvalue weighted by molar-refractivity contribution is 5.79. The fraction of sp³-hybridized carbons (Fsp3) is 0.917. The zero-order valence-electron chi connectivity index (χ0n) is 10.2. The summed E-state index contributed by atoms with van der Waals surface area (Å²) in [5.74, 6) is 0.731. The first-order valence-electron chi connectivity index (χ1n) is 6.13. The van der Waals surface area contributed by atoms with Crippen LogP contribution < -0.4 is 5.32 Å². The third-order valence-corrected chi connectivity index (χ3v) is 2.75. The summed E-state index contributed by atoms with van der Waals surface area (Å²) < 4.78 is 5.29. The Labute approximate surface area is 97.4 Å². The van der Waals surface area contributed by atoms with Gasteiger partial charge < -0.3 is 15.2 Å². The maximum atomic E-state index is 11.4. The second-order valence-electron chi connectivity index (χ2n) is 4.96. The van der Waals surface area contributed by atoms with Gasteiger partial charge in [-0.25, -0.2) is 0 Å². The summed E-state index contributed by atoms with van der Waals surface area (Å²) in [5, 5.41) is 12.3. The van der Waals surface area contributed by atoms with Gasteiger partial charge in [0.05, 0.1) is 12.7 Å².